The van der Waals surface area contributed by atoms with Crippen LogP contribution in [0.5, 0.6) is 0 Å². The van der Waals surface area contributed by atoms with E-state index in [1.54, 1.807) is 0 Å². The van der Waals surface area contributed by atoms with Crippen molar-refractivity contribution in [3.8, 4) is 11.3 Å². The Bertz CT molecular complexity index is 671. The first-order valence-electron chi connectivity index (χ1n) is 6.60. The second-order valence-corrected chi connectivity index (χ2v) is 5.90. The van der Waals surface area contributed by atoms with Gasteiger partial charge < -0.3 is 10.5 Å². The molecule has 1 aliphatic heterocycles. The van der Waals surface area contributed by atoms with Crippen molar-refractivity contribution in [2.24, 2.45) is 0 Å². The largest absolute Gasteiger partial charge is 0.398 e. The average Bonchev–Trinajstić information content (AvgIpc) is 2.84. The maximum absolute atomic E-state index is 12.1. The highest BCUT2D eigenvalue weighted by Gasteiger charge is 2.24. The molecule has 3 rings (SSSR count). The molecule has 0 saturated carbocycles. The minimum atomic E-state index is -0.0636. The number of nitrogens with two attached hydrogens (primary N) is 1. The monoisotopic (exact) mass is 337 g/mol. The molecule has 1 saturated heterocycles. The normalized spacial score (nSPS) is 16.4. The van der Waals surface area contributed by atoms with Crippen molar-refractivity contribution >= 4 is 21.6 Å². The number of benzene rings is 1. The van der Waals surface area contributed by atoms with Gasteiger partial charge in [-0.2, -0.15) is 0 Å². The van der Waals surface area contributed by atoms with Gasteiger partial charge in [-0.25, -0.2) is 0 Å². The SMILES string of the molecule is Nc1ccc(Br)cc1-c1[nH][nH]c(=O)c1C1CCOCC1. The number of halogens is 1. The maximum atomic E-state index is 12.1. The van der Waals surface area contributed by atoms with Crippen LogP contribution in [0.15, 0.2) is 27.5 Å². The van der Waals surface area contributed by atoms with E-state index in [2.05, 4.69) is 26.1 Å². The molecule has 0 bridgehead atoms. The molecule has 4 N–H and O–H groups in total. The van der Waals surface area contributed by atoms with Crippen LogP contribution in [0.1, 0.15) is 24.3 Å². The minimum Gasteiger partial charge on any atom is -0.398 e. The summed E-state index contributed by atoms with van der Waals surface area (Å²) in [5, 5.41) is 5.66. The van der Waals surface area contributed by atoms with Crippen molar-refractivity contribution in [3.05, 3.63) is 38.6 Å². The molecule has 0 atom stereocenters. The molecule has 0 amide bonds. The number of aromatic amines is 2. The average molecular weight is 338 g/mol. The van der Waals surface area contributed by atoms with E-state index in [0.717, 1.165) is 34.1 Å². The van der Waals surface area contributed by atoms with Crippen molar-refractivity contribution in [3.63, 3.8) is 0 Å². The first kappa shape index (κ1) is 13.5. The fraction of sp³-hybridized carbons (Fsp3) is 0.357. The maximum Gasteiger partial charge on any atom is 0.267 e. The number of ether oxygens (including phenoxy) is 1. The molecule has 0 unspecified atom stereocenters. The quantitative estimate of drug-likeness (QED) is 0.736. The summed E-state index contributed by atoms with van der Waals surface area (Å²) < 4.78 is 6.30. The molecule has 6 heteroatoms. The highest BCUT2D eigenvalue weighted by molar-refractivity contribution is 9.10. The topological polar surface area (TPSA) is 83.9 Å². The van der Waals surface area contributed by atoms with Crippen LogP contribution in [0.25, 0.3) is 11.3 Å². The van der Waals surface area contributed by atoms with Crippen LogP contribution in [0.2, 0.25) is 0 Å². The summed E-state index contributed by atoms with van der Waals surface area (Å²) in [6.07, 6.45) is 1.73. The summed E-state index contributed by atoms with van der Waals surface area (Å²) in [5.74, 6) is 0.215. The van der Waals surface area contributed by atoms with Crippen LogP contribution in [0.3, 0.4) is 0 Å². The summed E-state index contributed by atoms with van der Waals surface area (Å²) in [6.45, 7) is 1.39. The van der Waals surface area contributed by atoms with Crippen LogP contribution < -0.4 is 11.3 Å². The molecule has 1 aromatic carbocycles. The van der Waals surface area contributed by atoms with Gasteiger partial charge in [-0.15, -0.1) is 0 Å². The third kappa shape index (κ3) is 2.41. The highest BCUT2D eigenvalue weighted by atomic mass is 79.9. The van der Waals surface area contributed by atoms with Gasteiger partial charge >= 0.3 is 0 Å². The predicted octanol–water partition coefficient (Wildman–Crippen LogP) is 2.61. The van der Waals surface area contributed by atoms with Gasteiger partial charge in [-0.3, -0.25) is 15.0 Å². The van der Waals surface area contributed by atoms with Gasteiger partial charge in [0.15, 0.2) is 0 Å². The van der Waals surface area contributed by atoms with Gasteiger partial charge in [0.2, 0.25) is 0 Å². The number of rotatable bonds is 2. The van der Waals surface area contributed by atoms with E-state index in [1.807, 2.05) is 18.2 Å². The van der Waals surface area contributed by atoms with E-state index in [1.165, 1.54) is 0 Å². The van der Waals surface area contributed by atoms with Crippen molar-refractivity contribution < 1.29 is 4.74 Å². The number of aromatic nitrogens is 2. The molecule has 0 spiro atoms. The van der Waals surface area contributed by atoms with E-state index in [-0.39, 0.29) is 11.5 Å². The Balaban J connectivity index is 2.10. The van der Waals surface area contributed by atoms with Crippen LogP contribution in [0, 0.1) is 0 Å². The lowest BCUT2D eigenvalue weighted by Gasteiger charge is -2.21. The summed E-state index contributed by atoms with van der Waals surface area (Å²) in [6, 6.07) is 5.65. The lowest BCUT2D eigenvalue weighted by atomic mass is 9.90. The second-order valence-electron chi connectivity index (χ2n) is 4.99. The Morgan fingerprint density at radius 2 is 2.00 bits per heavy atom. The third-order valence-corrected chi connectivity index (χ3v) is 4.22. The van der Waals surface area contributed by atoms with Gasteiger partial charge in [0.25, 0.3) is 5.56 Å². The van der Waals surface area contributed by atoms with E-state index in [0.29, 0.717) is 18.9 Å². The smallest absolute Gasteiger partial charge is 0.267 e. The second kappa shape index (κ2) is 5.46. The Morgan fingerprint density at radius 3 is 2.75 bits per heavy atom. The molecule has 5 nitrogen and oxygen atoms in total. The Kier molecular flexibility index (Phi) is 3.67. The van der Waals surface area contributed by atoms with E-state index < -0.39 is 0 Å². The van der Waals surface area contributed by atoms with Crippen molar-refractivity contribution in [2.75, 3.05) is 18.9 Å². The van der Waals surface area contributed by atoms with Crippen LogP contribution in [-0.4, -0.2) is 23.4 Å². The molecule has 106 valence electrons. The zero-order chi connectivity index (χ0) is 14.1. The highest BCUT2D eigenvalue weighted by Crippen LogP contribution is 2.34. The lowest BCUT2D eigenvalue weighted by Crippen LogP contribution is -2.19. The zero-order valence-electron chi connectivity index (χ0n) is 10.9. The molecule has 2 heterocycles. The molecule has 1 aliphatic rings. The molecule has 0 radical (unpaired) electrons. The van der Waals surface area contributed by atoms with E-state index >= 15 is 0 Å². The zero-order valence-corrected chi connectivity index (χ0v) is 12.5. The molecular weight excluding hydrogens is 322 g/mol. The van der Waals surface area contributed by atoms with Gasteiger partial charge in [0, 0.05) is 34.5 Å². The number of hydrogen-bond donors (Lipinski definition) is 3. The van der Waals surface area contributed by atoms with Gasteiger partial charge in [-0.1, -0.05) is 15.9 Å². The third-order valence-electron chi connectivity index (χ3n) is 3.73. The summed E-state index contributed by atoms with van der Waals surface area (Å²) >= 11 is 3.44. The first-order chi connectivity index (χ1) is 9.66. The fourth-order valence-corrected chi connectivity index (χ4v) is 3.06. The predicted molar refractivity (Wildman–Crippen MR) is 81.8 cm³/mol. The van der Waals surface area contributed by atoms with Crippen LogP contribution in [-0.2, 0) is 4.74 Å². The van der Waals surface area contributed by atoms with Gasteiger partial charge in [-0.05, 0) is 37.0 Å². The molecule has 0 aliphatic carbocycles. The number of H-pyrrole nitrogens is 2. The van der Waals surface area contributed by atoms with Crippen molar-refractivity contribution in [1.82, 2.24) is 10.2 Å². The summed E-state index contributed by atoms with van der Waals surface area (Å²) in [5.41, 5.74) is 9.06. The Hall–Kier alpha value is -1.53. The van der Waals surface area contributed by atoms with E-state index in [4.69, 9.17) is 10.5 Å². The summed E-state index contributed by atoms with van der Waals surface area (Å²) in [7, 11) is 0. The standard InChI is InChI=1S/C14H16BrN3O2/c15-9-1-2-11(16)10(7-9)13-12(14(19)18-17-13)8-3-5-20-6-4-8/h1-2,7-8H,3-6,16H2,(H2,17,18,19). The Labute approximate surface area is 124 Å². The number of nitrogens with one attached hydrogen (secondary N) is 2. The number of hydrogen-bond acceptors (Lipinski definition) is 3. The van der Waals surface area contributed by atoms with Crippen molar-refractivity contribution in [2.45, 2.75) is 18.8 Å². The first-order valence-corrected chi connectivity index (χ1v) is 7.40. The van der Waals surface area contributed by atoms with Gasteiger partial charge in [0.05, 0.1) is 5.69 Å². The van der Waals surface area contributed by atoms with Gasteiger partial charge in [0.1, 0.15) is 0 Å². The molecule has 20 heavy (non-hydrogen) atoms. The van der Waals surface area contributed by atoms with Crippen LogP contribution in [0.4, 0.5) is 5.69 Å². The molecule has 1 aromatic heterocycles. The molecular formula is C14H16BrN3O2. The van der Waals surface area contributed by atoms with Crippen LogP contribution >= 0.6 is 15.9 Å². The molecule has 1 fully saturated rings. The number of anilines is 1. The fourth-order valence-electron chi connectivity index (χ4n) is 2.70. The lowest BCUT2D eigenvalue weighted by molar-refractivity contribution is 0.0852. The summed E-state index contributed by atoms with van der Waals surface area (Å²) in [4.78, 5) is 12.1. The minimum absolute atomic E-state index is 0.0636. The van der Waals surface area contributed by atoms with E-state index in [9.17, 15) is 4.79 Å². The van der Waals surface area contributed by atoms with Crippen molar-refractivity contribution in [1.29, 1.82) is 0 Å². The number of nitrogen functional groups attached to an aromatic ring is 1. The molecule has 2 aromatic rings. The Morgan fingerprint density at radius 1 is 1.25 bits per heavy atom.